The summed E-state index contributed by atoms with van der Waals surface area (Å²) < 4.78 is 30.1. The average molecular weight is 434 g/mol. The van der Waals surface area contributed by atoms with Gasteiger partial charge in [0.15, 0.2) is 12.6 Å². The molecule has 3 aliphatic heterocycles. The summed E-state index contributed by atoms with van der Waals surface area (Å²) in [4.78, 5) is 11.8. The fourth-order valence-electron chi connectivity index (χ4n) is 4.92. The highest BCUT2D eigenvalue weighted by Gasteiger charge is 2.55. The number of benzene rings is 1. The zero-order valence-corrected chi connectivity index (χ0v) is 17.7. The van der Waals surface area contributed by atoms with Crippen LogP contribution in [-0.4, -0.2) is 66.8 Å². The van der Waals surface area contributed by atoms with Gasteiger partial charge in [-0.15, -0.1) is 0 Å². The zero-order valence-electron chi connectivity index (χ0n) is 17.7. The Bertz CT molecular complexity index is 756. The van der Waals surface area contributed by atoms with E-state index in [0.29, 0.717) is 0 Å². The van der Waals surface area contributed by atoms with Gasteiger partial charge in [0, 0.05) is 6.92 Å². The lowest BCUT2D eigenvalue weighted by Crippen LogP contribution is -2.68. The summed E-state index contributed by atoms with van der Waals surface area (Å²) in [5, 5.41) is 13.9. The molecule has 3 heterocycles. The molecule has 8 nitrogen and oxygen atoms in total. The summed E-state index contributed by atoms with van der Waals surface area (Å²) in [6, 6.07) is 9.21. The lowest BCUT2D eigenvalue weighted by molar-refractivity contribution is -0.349. The second-order valence-electron chi connectivity index (χ2n) is 8.89. The minimum atomic E-state index is -0.975. The van der Waals surface area contributed by atoms with E-state index in [1.54, 1.807) is 0 Å². The van der Waals surface area contributed by atoms with Gasteiger partial charge in [-0.1, -0.05) is 49.6 Å². The van der Waals surface area contributed by atoms with E-state index in [4.69, 9.17) is 23.7 Å². The Labute approximate surface area is 182 Å². The van der Waals surface area contributed by atoms with E-state index in [9.17, 15) is 9.90 Å². The maximum absolute atomic E-state index is 11.8. The third-order valence-corrected chi connectivity index (χ3v) is 6.56. The maximum atomic E-state index is 11.8. The number of rotatable bonds is 5. The van der Waals surface area contributed by atoms with Crippen molar-refractivity contribution < 1.29 is 33.6 Å². The van der Waals surface area contributed by atoms with Crippen LogP contribution < -0.4 is 5.32 Å². The SMILES string of the molecule is CC(=O)N[C@H]1[C@H](OC2CCCCC2)O[C@@H]2CO[C@@H]([C@@H]3O[C@H]3c3ccccc3)O[C@H]2[C@@H]1O. The van der Waals surface area contributed by atoms with E-state index in [1.165, 1.54) is 13.3 Å². The number of hydrogen-bond acceptors (Lipinski definition) is 7. The minimum absolute atomic E-state index is 0.0726. The van der Waals surface area contributed by atoms with Gasteiger partial charge in [-0.2, -0.15) is 0 Å². The molecule has 5 rings (SSSR count). The molecule has 0 radical (unpaired) electrons. The molecule has 31 heavy (non-hydrogen) atoms. The summed E-state index contributed by atoms with van der Waals surface area (Å²) >= 11 is 0. The van der Waals surface area contributed by atoms with Crippen molar-refractivity contribution in [2.75, 3.05) is 6.61 Å². The first-order valence-corrected chi connectivity index (χ1v) is 11.3. The van der Waals surface area contributed by atoms with E-state index < -0.39 is 36.9 Å². The standard InChI is InChI=1S/C23H31NO7/c1-13(25)24-17-18(26)20-16(29-22(17)28-15-10-6-3-7-11-15)12-27-23(31-20)21-19(30-21)14-8-4-2-5-9-14/h2,4-5,8-9,15-23,26H,3,6-7,10-12H2,1H3,(H,24,25)/t16-,17-,18-,19+,20-,21-,22-,23-/m1/s1. The molecule has 8 heteroatoms. The summed E-state index contributed by atoms with van der Waals surface area (Å²) in [5.74, 6) is -0.248. The number of nitrogens with one attached hydrogen (secondary N) is 1. The summed E-state index contributed by atoms with van der Waals surface area (Å²) in [6.07, 6.45) is 1.72. The number of aliphatic hydroxyl groups is 1. The Balaban J connectivity index is 1.25. The number of hydrogen-bond donors (Lipinski definition) is 2. The van der Waals surface area contributed by atoms with Crippen LogP contribution in [0.2, 0.25) is 0 Å². The van der Waals surface area contributed by atoms with Gasteiger partial charge >= 0.3 is 0 Å². The molecule has 1 aromatic carbocycles. The van der Waals surface area contributed by atoms with Crippen molar-refractivity contribution in [3.63, 3.8) is 0 Å². The number of fused-ring (bicyclic) bond motifs is 1. The van der Waals surface area contributed by atoms with Crippen molar-refractivity contribution in [1.29, 1.82) is 0 Å². The molecule has 0 bridgehead atoms. The molecule has 4 fully saturated rings. The Morgan fingerprint density at radius 2 is 1.84 bits per heavy atom. The first kappa shape index (κ1) is 21.3. The maximum Gasteiger partial charge on any atom is 0.217 e. The van der Waals surface area contributed by atoms with Gasteiger partial charge in [0.25, 0.3) is 0 Å². The van der Waals surface area contributed by atoms with Crippen molar-refractivity contribution in [2.24, 2.45) is 0 Å². The normalized spacial score (nSPS) is 40.7. The molecule has 1 aliphatic carbocycles. The molecular formula is C23H31NO7. The van der Waals surface area contributed by atoms with Gasteiger partial charge in [0.2, 0.25) is 5.91 Å². The fraction of sp³-hybridized carbons (Fsp3) is 0.696. The second-order valence-corrected chi connectivity index (χ2v) is 8.89. The van der Waals surface area contributed by atoms with Crippen molar-refractivity contribution in [3.05, 3.63) is 35.9 Å². The Morgan fingerprint density at radius 3 is 2.58 bits per heavy atom. The highest BCUT2D eigenvalue weighted by atomic mass is 16.8. The highest BCUT2D eigenvalue weighted by Crippen LogP contribution is 2.44. The molecule has 0 unspecified atom stereocenters. The zero-order chi connectivity index (χ0) is 21.4. The third kappa shape index (κ3) is 4.65. The van der Waals surface area contributed by atoms with Crippen LogP contribution >= 0.6 is 0 Å². The predicted octanol–water partition coefficient (Wildman–Crippen LogP) is 1.81. The largest absolute Gasteiger partial charge is 0.388 e. The molecule has 4 aliphatic rings. The highest BCUT2D eigenvalue weighted by molar-refractivity contribution is 5.73. The van der Waals surface area contributed by atoms with Gasteiger partial charge in [-0.05, 0) is 18.4 Å². The first-order valence-electron chi connectivity index (χ1n) is 11.3. The molecule has 0 spiro atoms. The van der Waals surface area contributed by atoms with Gasteiger partial charge < -0.3 is 34.1 Å². The Hall–Kier alpha value is -1.55. The van der Waals surface area contributed by atoms with E-state index >= 15 is 0 Å². The first-order chi connectivity index (χ1) is 15.1. The predicted molar refractivity (Wildman–Crippen MR) is 109 cm³/mol. The Morgan fingerprint density at radius 1 is 1.06 bits per heavy atom. The van der Waals surface area contributed by atoms with Crippen LogP contribution in [0.1, 0.15) is 50.7 Å². The van der Waals surface area contributed by atoms with E-state index in [1.807, 2.05) is 30.3 Å². The molecule has 0 aromatic heterocycles. The van der Waals surface area contributed by atoms with Gasteiger partial charge in [0.1, 0.15) is 36.6 Å². The summed E-state index contributed by atoms with van der Waals surface area (Å²) in [7, 11) is 0. The van der Waals surface area contributed by atoms with Gasteiger partial charge in [-0.25, -0.2) is 0 Å². The topological polar surface area (TPSA) is 98.8 Å². The summed E-state index contributed by atoms with van der Waals surface area (Å²) in [6.45, 7) is 1.69. The summed E-state index contributed by atoms with van der Waals surface area (Å²) in [5.41, 5.74) is 1.07. The van der Waals surface area contributed by atoms with Crippen molar-refractivity contribution >= 4 is 5.91 Å². The molecule has 3 saturated heterocycles. The van der Waals surface area contributed by atoms with Gasteiger partial charge in [0.05, 0.1) is 12.7 Å². The molecule has 1 saturated carbocycles. The fourth-order valence-corrected chi connectivity index (χ4v) is 4.92. The molecular weight excluding hydrogens is 402 g/mol. The lowest BCUT2D eigenvalue weighted by Gasteiger charge is -2.48. The minimum Gasteiger partial charge on any atom is -0.388 e. The molecule has 1 amide bonds. The number of carbonyl (C=O) groups excluding carboxylic acids is 1. The number of aliphatic hydroxyl groups excluding tert-OH is 1. The van der Waals surface area contributed by atoms with Crippen LogP contribution in [0.4, 0.5) is 0 Å². The molecule has 8 atom stereocenters. The molecule has 170 valence electrons. The van der Waals surface area contributed by atoms with Crippen LogP contribution in [0.15, 0.2) is 30.3 Å². The van der Waals surface area contributed by atoms with Crippen LogP contribution in [-0.2, 0) is 28.5 Å². The number of carbonyl (C=O) groups is 1. The second kappa shape index (κ2) is 9.13. The molecule has 2 N–H and O–H groups in total. The van der Waals surface area contributed by atoms with Gasteiger partial charge in [-0.3, -0.25) is 4.79 Å². The van der Waals surface area contributed by atoms with E-state index in [0.717, 1.165) is 31.2 Å². The number of ether oxygens (including phenoxy) is 5. The van der Waals surface area contributed by atoms with Crippen LogP contribution in [0.5, 0.6) is 0 Å². The van der Waals surface area contributed by atoms with Crippen LogP contribution in [0, 0.1) is 0 Å². The average Bonchev–Trinajstić information content (AvgIpc) is 3.58. The van der Waals surface area contributed by atoms with Crippen LogP contribution in [0.25, 0.3) is 0 Å². The van der Waals surface area contributed by atoms with Crippen LogP contribution in [0.3, 0.4) is 0 Å². The smallest absolute Gasteiger partial charge is 0.217 e. The van der Waals surface area contributed by atoms with E-state index in [2.05, 4.69) is 5.32 Å². The van der Waals surface area contributed by atoms with E-state index in [-0.39, 0.29) is 30.8 Å². The van der Waals surface area contributed by atoms with Crippen molar-refractivity contribution in [3.8, 4) is 0 Å². The number of amides is 1. The van der Waals surface area contributed by atoms with Crippen molar-refractivity contribution in [2.45, 2.75) is 94.3 Å². The quantitative estimate of drug-likeness (QED) is 0.684. The van der Waals surface area contributed by atoms with Crippen molar-refractivity contribution in [1.82, 2.24) is 5.32 Å². The monoisotopic (exact) mass is 433 g/mol. The number of epoxide rings is 1. The Kier molecular flexibility index (Phi) is 6.28. The third-order valence-electron chi connectivity index (χ3n) is 6.56. The lowest BCUT2D eigenvalue weighted by atomic mass is 9.94. The molecule has 1 aromatic rings.